The summed E-state index contributed by atoms with van der Waals surface area (Å²) >= 11 is 0. The van der Waals surface area contributed by atoms with E-state index in [2.05, 4.69) is 10.3 Å². The van der Waals surface area contributed by atoms with Crippen molar-refractivity contribution in [2.45, 2.75) is 37.4 Å². The number of rotatable bonds is 4. The molecule has 28 heavy (non-hydrogen) atoms. The van der Waals surface area contributed by atoms with E-state index in [1.54, 1.807) is 36.4 Å². The molecule has 2 fully saturated rings. The molecule has 0 radical (unpaired) electrons. The van der Waals surface area contributed by atoms with Crippen molar-refractivity contribution in [3.05, 3.63) is 58.6 Å². The van der Waals surface area contributed by atoms with Gasteiger partial charge in [-0.15, -0.1) is 0 Å². The number of carbonyl (C=O) groups excluding carboxylic acids is 1. The van der Waals surface area contributed by atoms with Crippen LogP contribution in [0.4, 0.5) is 5.82 Å². The molecule has 2 saturated heterocycles. The zero-order valence-corrected chi connectivity index (χ0v) is 15.6. The van der Waals surface area contributed by atoms with Crippen LogP contribution in [0.3, 0.4) is 0 Å². The first-order valence-corrected chi connectivity index (χ1v) is 9.13. The number of hydrogen-bond donors (Lipinski definition) is 2. The third kappa shape index (κ3) is 3.12. The number of nitrogens with one attached hydrogen (secondary N) is 1. The van der Waals surface area contributed by atoms with Gasteiger partial charge in [0.05, 0.1) is 6.54 Å². The third-order valence-electron chi connectivity index (χ3n) is 5.26. The van der Waals surface area contributed by atoms with E-state index in [0.29, 0.717) is 18.5 Å². The van der Waals surface area contributed by atoms with Crippen molar-refractivity contribution in [3.63, 3.8) is 0 Å². The van der Waals surface area contributed by atoms with Gasteiger partial charge in [0.25, 0.3) is 5.91 Å². The van der Waals surface area contributed by atoms with Crippen LogP contribution in [0.1, 0.15) is 29.9 Å². The Kier molecular flexibility index (Phi) is 4.76. The number of aromatic nitrogens is 2. The van der Waals surface area contributed by atoms with E-state index in [4.69, 9.17) is 9.57 Å². The topological polar surface area (TPSA) is 106 Å². The molecule has 9 heteroatoms. The summed E-state index contributed by atoms with van der Waals surface area (Å²) < 4.78 is 7.36. The Hall–Kier alpha value is -2.59. The second-order valence-corrected chi connectivity index (χ2v) is 7.05. The minimum atomic E-state index is -0.858. The standard InChI is InChI=1S/C19H22N4O5/c1-3-19-11-22(2)28-14(15(19)24)17(27-19)23-10-9-13(21-18(23)26)20-16(25)12-7-5-4-6-8-12/h4-10,14-15,17,24H,3,11H2,1-2H3,(H,20,21,25,26)/t14-,15+,17-,19+/m1/s1. The van der Waals surface area contributed by atoms with Crippen molar-refractivity contribution < 1.29 is 19.5 Å². The minimum absolute atomic E-state index is 0.139. The van der Waals surface area contributed by atoms with Gasteiger partial charge in [0.2, 0.25) is 0 Å². The lowest BCUT2D eigenvalue weighted by atomic mass is 9.91. The van der Waals surface area contributed by atoms with Crippen molar-refractivity contribution in [3.8, 4) is 0 Å². The molecule has 4 rings (SSSR count). The van der Waals surface area contributed by atoms with Gasteiger partial charge in [0.1, 0.15) is 17.5 Å². The summed E-state index contributed by atoms with van der Waals surface area (Å²) in [5.41, 5.74) is -0.943. The number of ether oxygens (including phenoxy) is 1. The van der Waals surface area contributed by atoms with Crippen LogP contribution in [0, 0.1) is 0 Å². The van der Waals surface area contributed by atoms with Crippen LogP contribution in [0.15, 0.2) is 47.4 Å². The van der Waals surface area contributed by atoms with Gasteiger partial charge >= 0.3 is 5.69 Å². The van der Waals surface area contributed by atoms with Crippen molar-refractivity contribution in [2.75, 3.05) is 18.9 Å². The Bertz CT molecular complexity index is 933. The highest BCUT2D eigenvalue weighted by Gasteiger charge is 2.59. The van der Waals surface area contributed by atoms with Crippen LogP contribution in [-0.4, -0.2) is 57.0 Å². The Labute approximate surface area is 161 Å². The van der Waals surface area contributed by atoms with Gasteiger partial charge < -0.3 is 15.2 Å². The Morgan fingerprint density at radius 2 is 2.11 bits per heavy atom. The molecule has 9 nitrogen and oxygen atoms in total. The van der Waals surface area contributed by atoms with Crippen molar-refractivity contribution in [2.24, 2.45) is 0 Å². The Balaban J connectivity index is 1.57. The summed E-state index contributed by atoms with van der Waals surface area (Å²) in [4.78, 5) is 34.4. The maximum atomic E-state index is 12.6. The van der Waals surface area contributed by atoms with E-state index in [1.807, 2.05) is 13.0 Å². The van der Waals surface area contributed by atoms with Gasteiger partial charge in [-0.05, 0) is 24.6 Å². The maximum absolute atomic E-state index is 12.6. The second-order valence-electron chi connectivity index (χ2n) is 7.05. The molecule has 0 spiro atoms. The largest absolute Gasteiger partial charge is 0.387 e. The van der Waals surface area contributed by atoms with Crippen LogP contribution >= 0.6 is 0 Å². The second kappa shape index (κ2) is 7.10. The number of nitrogens with zero attached hydrogens (tertiary/aromatic N) is 3. The lowest BCUT2D eigenvalue weighted by Gasteiger charge is -2.39. The molecule has 4 atom stereocenters. The molecule has 2 aromatic rings. The maximum Gasteiger partial charge on any atom is 0.351 e. The van der Waals surface area contributed by atoms with Gasteiger partial charge in [-0.3, -0.25) is 14.2 Å². The number of likely N-dealkylation sites (N-methyl/N-ethyl adjacent to an activating group) is 1. The number of fused-ring (bicyclic) bond motifs is 2. The summed E-state index contributed by atoms with van der Waals surface area (Å²) in [6, 6.07) is 10.2. The molecular formula is C19H22N4O5. The smallest absolute Gasteiger partial charge is 0.351 e. The fourth-order valence-corrected chi connectivity index (χ4v) is 3.77. The molecular weight excluding hydrogens is 364 g/mol. The molecule has 0 aliphatic carbocycles. The van der Waals surface area contributed by atoms with Gasteiger partial charge in [0.15, 0.2) is 12.3 Å². The van der Waals surface area contributed by atoms with Crippen LogP contribution < -0.4 is 11.0 Å². The fourth-order valence-electron chi connectivity index (χ4n) is 3.77. The molecule has 1 amide bonds. The number of hydroxylamine groups is 2. The molecule has 0 unspecified atom stereocenters. The lowest BCUT2D eigenvalue weighted by molar-refractivity contribution is -0.252. The van der Waals surface area contributed by atoms with Crippen LogP contribution in [-0.2, 0) is 9.57 Å². The normalized spacial score (nSPS) is 29.6. The predicted molar refractivity (Wildman–Crippen MR) is 99.5 cm³/mol. The molecule has 2 aliphatic rings. The molecule has 1 aromatic carbocycles. The van der Waals surface area contributed by atoms with Crippen molar-refractivity contribution in [1.82, 2.24) is 14.6 Å². The van der Waals surface area contributed by atoms with Gasteiger partial charge in [-0.2, -0.15) is 10.0 Å². The predicted octanol–water partition coefficient (Wildman–Crippen LogP) is 0.780. The van der Waals surface area contributed by atoms with Gasteiger partial charge in [-0.1, -0.05) is 25.1 Å². The van der Waals surface area contributed by atoms with Crippen molar-refractivity contribution >= 4 is 11.7 Å². The van der Waals surface area contributed by atoms with Crippen LogP contribution in [0.2, 0.25) is 0 Å². The van der Waals surface area contributed by atoms with Gasteiger partial charge in [-0.25, -0.2) is 4.79 Å². The average molecular weight is 386 g/mol. The first-order valence-electron chi connectivity index (χ1n) is 9.13. The lowest BCUT2D eigenvalue weighted by Crippen LogP contribution is -2.56. The summed E-state index contributed by atoms with van der Waals surface area (Å²) in [5, 5.41) is 14.9. The molecule has 1 aromatic heterocycles. The van der Waals surface area contributed by atoms with Crippen molar-refractivity contribution in [1.29, 1.82) is 0 Å². The Morgan fingerprint density at radius 1 is 1.36 bits per heavy atom. The number of aliphatic hydroxyl groups is 1. The molecule has 0 saturated carbocycles. The summed E-state index contributed by atoms with van der Waals surface area (Å²) in [6.45, 7) is 2.32. The number of anilines is 1. The zero-order chi connectivity index (χ0) is 19.9. The number of aliphatic hydroxyl groups excluding tert-OH is 1. The van der Waals surface area contributed by atoms with E-state index in [-0.39, 0.29) is 11.7 Å². The number of carbonyl (C=O) groups is 1. The first-order chi connectivity index (χ1) is 13.4. The fraction of sp³-hybridized carbons (Fsp3) is 0.421. The zero-order valence-electron chi connectivity index (χ0n) is 15.6. The summed E-state index contributed by atoms with van der Waals surface area (Å²) in [5.74, 6) is -0.219. The SMILES string of the molecule is CC[C@@]12CN(C)O[C@@H]([C@H](n3ccc(NC(=O)c4ccccc4)nc3=O)O1)[C@@H]2O. The molecule has 2 bridgehead atoms. The monoisotopic (exact) mass is 386 g/mol. The van der Waals surface area contributed by atoms with E-state index >= 15 is 0 Å². The quantitative estimate of drug-likeness (QED) is 0.800. The highest BCUT2D eigenvalue weighted by Crippen LogP contribution is 2.44. The van der Waals surface area contributed by atoms with E-state index in [9.17, 15) is 14.7 Å². The average Bonchev–Trinajstić information content (AvgIpc) is 2.85. The van der Waals surface area contributed by atoms with Crippen LogP contribution in [0.25, 0.3) is 0 Å². The number of hydrogen-bond acceptors (Lipinski definition) is 7. The number of amides is 1. The summed E-state index contributed by atoms with van der Waals surface area (Å²) in [7, 11) is 1.76. The highest BCUT2D eigenvalue weighted by atomic mass is 16.7. The first kappa shape index (κ1) is 18.8. The summed E-state index contributed by atoms with van der Waals surface area (Å²) in [6.07, 6.45) is -0.326. The number of benzene rings is 1. The van der Waals surface area contributed by atoms with Gasteiger partial charge in [0, 0.05) is 18.8 Å². The third-order valence-corrected chi connectivity index (χ3v) is 5.26. The van der Waals surface area contributed by atoms with Crippen LogP contribution in [0.5, 0.6) is 0 Å². The van der Waals surface area contributed by atoms with E-state index < -0.39 is 29.7 Å². The molecule has 148 valence electrons. The molecule has 2 aliphatic heterocycles. The van der Waals surface area contributed by atoms with E-state index in [1.165, 1.54) is 16.8 Å². The highest BCUT2D eigenvalue weighted by molar-refractivity contribution is 6.03. The van der Waals surface area contributed by atoms with E-state index in [0.717, 1.165) is 0 Å². The molecule has 2 N–H and O–H groups in total. The minimum Gasteiger partial charge on any atom is -0.387 e. The molecule has 3 heterocycles. The Morgan fingerprint density at radius 3 is 2.79 bits per heavy atom.